The van der Waals surface area contributed by atoms with E-state index in [2.05, 4.69) is 20.5 Å². The summed E-state index contributed by atoms with van der Waals surface area (Å²) < 4.78 is 0. The Kier molecular flexibility index (Phi) is 2.64. The number of nitrogens with one attached hydrogen (secondary N) is 2. The average molecular weight is 223 g/mol. The van der Waals surface area contributed by atoms with Crippen LogP contribution in [0.15, 0.2) is 30.6 Å². The van der Waals surface area contributed by atoms with Crippen LogP contribution in [-0.2, 0) is 0 Å². The van der Waals surface area contributed by atoms with Gasteiger partial charge in [-0.05, 0) is 12.1 Å². The van der Waals surface area contributed by atoms with Crippen LogP contribution in [0.2, 0.25) is 5.15 Å². The molecule has 0 bridgehead atoms. The van der Waals surface area contributed by atoms with Gasteiger partial charge in [-0.3, -0.25) is 9.89 Å². The van der Waals surface area contributed by atoms with Crippen molar-refractivity contribution in [2.45, 2.75) is 0 Å². The number of nitrogens with zero attached hydrogens (tertiary/aromatic N) is 2. The van der Waals surface area contributed by atoms with Crippen LogP contribution < -0.4 is 5.32 Å². The fourth-order valence-electron chi connectivity index (χ4n) is 1.06. The van der Waals surface area contributed by atoms with Crippen molar-refractivity contribution in [1.82, 2.24) is 15.2 Å². The van der Waals surface area contributed by atoms with Crippen LogP contribution in [0.5, 0.6) is 0 Å². The zero-order valence-corrected chi connectivity index (χ0v) is 8.32. The fraction of sp³-hybridized carbons (Fsp3) is 0. The second kappa shape index (κ2) is 4.10. The Bertz CT molecular complexity index is 469. The lowest BCUT2D eigenvalue weighted by Gasteiger charge is -2.01. The lowest BCUT2D eigenvalue weighted by molar-refractivity contribution is 0.102. The Labute approximate surface area is 90.5 Å². The summed E-state index contributed by atoms with van der Waals surface area (Å²) in [4.78, 5) is 15.4. The normalized spacial score (nSPS) is 9.93. The Morgan fingerprint density at radius 1 is 1.40 bits per heavy atom. The number of hydrogen-bond acceptors (Lipinski definition) is 3. The lowest BCUT2D eigenvalue weighted by Crippen LogP contribution is -2.12. The van der Waals surface area contributed by atoms with E-state index in [0.29, 0.717) is 11.4 Å². The van der Waals surface area contributed by atoms with Gasteiger partial charge in [-0.2, -0.15) is 5.10 Å². The van der Waals surface area contributed by atoms with E-state index < -0.39 is 0 Å². The molecule has 2 heterocycles. The molecule has 0 aliphatic heterocycles. The Morgan fingerprint density at radius 3 is 2.93 bits per heavy atom. The van der Waals surface area contributed by atoms with Crippen LogP contribution in [0.1, 0.15) is 10.4 Å². The van der Waals surface area contributed by atoms with Crippen molar-refractivity contribution < 1.29 is 4.79 Å². The predicted molar refractivity (Wildman–Crippen MR) is 55.8 cm³/mol. The van der Waals surface area contributed by atoms with Gasteiger partial charge in [0.2, 0.25) is 0 Å². The number of aromatic nitrogens is 3. The van der Waals surface area contributed by atoms with Gasteiger partial charge in [-0.25, -0.2) is 4.98 Å². The second-order valence-corrected chi connectivity index (χ2v) is 3.18. The molecule has 2 N–H and O–H groups in total. The molecule has 0 atom stereocenters. The van der Waals surface area contributed by atoms with Gasteiger partial charge in [-0.1, -0.05) is 11.6 Å². The number of amides is 1. The molecule has 1 amide bonds. The van der Waals surface area contributed by atoms with Crippen molar-refractivity contribution in [2.75, 3.05) is 5.32 Å². The molecule has 0 radical (unpaired) electrons. The summed E-state index contributed by atoms with van der Waals surface area (Å²) in [5, 5.41) is 9.24. The highest BCUT2D eigenvalue weighted by molar-refractivity contribution is 6.29. The first-order valence-electron chi connectivity index (χ1n) is 4.18. The Hall–Kier alpha value is -1.88. The summed E-state index contributed by atoms with van der Waals surface area (Å²) in [7, 11) is 0. The molecule has 0 aromatic carbocycles. The number of anilines is 1. The molecule has 2 rings (SSSR count). The lowest BCUT2D eigenvalue weighted by atomic mass is 10.2. The minimum absolute atomic E-state index is 0.261. The first-order chi connectivity index (χ1) is 7.25. The number of carbonyl (C=O) groups excluding carboxylic acids is 1. The maximum atomic E-state index is 11.6. The number of aromatic amines is 1. The second-order valence-electron chi connectivity index (χ2n) is 2.79. The molecule has 0 saturated carbocycles. The largest absolute Gasteiger partial charge is 0.307 e. The molecule has 15 heavy (non-hydrogen) atoms. The van der Waals surface area contributed by atoms with E-state index in [1.54, 1.807) is 18.3 Å². The van der Waals surface area contributed by atoms with Gasteiger partial charge >= 0.3 is 0 Å². The first kappa shape index (κ1) is 9.67. The minimum Gasteiger partial charge on any atom is -0.307 e. The topological polar surface area (TPSA) is 70.7 Å². The van der Waals surface area contributed by atoms with Crippen LogP contribution in [0.4, 0.5) is 5.82 Å². The van der Waals surface area contributed by atoms with Crippen molar-refractivity contribution >= 4 is 23.3 Å². The third-order valence-electron chi connectivity index (χ3n) is 1.74. The van der Waals surface area contributed by atoms with Gasteiger partial charge in [-0.15, -0.1) is 0 Å². The maximum Gasteiger partial charge on any atom is 0.256 e. The van der Waals surface area contributed by atoms with Gasteiger partial charge < -0.3 is 5.32 Å². The first-order valence-corrected chi connectivity index (χ1v) is 4.56. The quantitative estimate of drug-likeness (QED) is 0.760. The molecule has 0 fully saturated rings. The molecule has 2 aromatic heterocycles. The van der Waals surface area contributed by atoms with E-state index in [0.717, 1.165) is 0 Å². The molecule has 76 valence electrons. The fourth-order valence-corrected chi connectivity index (χ4v) is 1.24. The third-order valence-corrected chi connectivity index (χ3v) is 1.94. The third kappa shape index (κ3) is 2.32. The van der Waals surface area contributed by atoms with Crippen molar-refractivity contribution in [3.05, 3.63) is 41.3 Å². The van der Waals surface area contributed by atoms with Crippen molar-refractivity contribution in [3.63, 3.8) is 0 Å². The number of hydrogen-bond donors (Lipinski definition) is 2. The molecule has 0 aliphatic rings. The summed E-state index contributed by atoms with van der Waals surface area (Å²) in [5.41, 5.74) is 0.449. The highest BCUT2D eigenvalue weighted by Crippen LogP contribution is 2.09. The van der Waals surface area contributed by atoms with E-state index in [4.69, 9.17) is 11.6 Å². The molecule has 0 aliphatic carbocycles. The minimum atomic E-state index is -0.261. The van der Waals surface area contributed by atoms with Gasteiger partial charge in [0.15, 0.2) is 0 Å². The Morgan fingerprint density at radius 2 is 2.27 bits per heavy atom. The van der Waals surface area contributed by atoms with E-state index >= 15 is 0 Å². The van der Waals surface area contributed by atoms with E-state index in [9.17, 15) is 4.79 Å². The number of H-pyrrole nitrogens is 1. The predicted octanol–water partition coefficient (Wildman–Crippen LogP) is 1.71. The van der Waals surface area contributed by atoms with Gasteiger partial charge in [0, 0.05) is 17.8 Å². The van der Waals surface area contributed by atoms with E-state index in [1.807, 2.05) is 0 Å². The van der Waals surface area contributed by atoms with Crippen LogP contribution >= 0.6 is 11.6 Å². The molecule has 5 nitrogen and oxygen atoms in total. The SMILES string of the molecule is O=C(Nc1ccn[nH]1)c1ccnc(Cl)c1. The molecule has 2 aromatic rings. The van der Waals surface area contributed by atoms with Gasteiger partial charge in [0.1, 0.15) is 11.0 Å². The highest BCUT2D eigenvalue weighted by atomic mass is 35.5. The van der Waals surface area contributed by atoms with Crippen LogP contribution in [0, 0.1) is 0 Å². The zero-order chi connectivity index (χ0) is 10.7. The molecule has 0 saturated heterocycles. The smallest absolute Gasteiger partial charge is 0.256 e. The number of carbonyl (C=O) groups is 1. The van der Waals surface area contributed by atoms with Crippen LogP contribution in [-0.4, -0.2) is 21.1 Å². The summed E-state index contributed by atoms with van der Waals surface area (Å²) in [5.74, 6) is 0.275. The average Bonchev–Trinajstić information content (AvgIpc) is 2.70. The van der Waals surface area contributed by atoms with Crippen LogP contribution in [0.3, 0.4) is 0 Å². The zero-order valence-electron chi connectivity index (χ0n) is 7.57. The van der Waals surface area contributed by atoms with Crippen molar-refractivity contribution in [1.29, 1.82) is 0 Å². The van der Waals surface area contributed by atoms with Crippen LogP contribution in [0.25, 0.3) is 0 Å². The number of rotatable bonds is 2. The number of pyridine rings is 1. The summed E-state index contributed by atoms with van der Waals surface area (Å²) >= 11 is 5.66. The van der Waals surface area contributed by atoms with E-state index in [-0.39, 0.29) is 11.1 Å². The van der Waals surface area contributed by atoms with Crippen molar-refractivity contribution in [3.8, 4) is 0 Å². The molecule has 6 heteroatoms. The summed E-state index contributed by atoms with van der Waals surface area (Å²) in [6.07, 6.45) is 3.03. The number of halogens is 1. The summed E-state index contributed by atoms with van der Waals surface area (Å²) in [6.45, 7) is 0. The standard InChI is InChI=1S/C9H7ClN4O/c10-7-5-6(1-3-11-7)9(15)13-8-2-4-12-14-8/h1-5H,(H2,12,13,14,15). The molecule has 0 spiro atoms. The molecular weight excluding hydrogens is 216 g/mol. The highest BCUT2D eigenvalue weighted by Gasteiger charge is 2.06. The van der Waals surface area contributed by atoms with Crippen molar-refractivity contribution in [2.24, 2.45) is 0 Å². The monoisotopic (exact) mass is 222 g/mol. The maximum absolute atomic E-state index is 11.6. The molecular formula is C9H7ClN4O. The summed E-state index contributed by atoms with van der Waals surface area (Å²) in [6, 6.07) is 4.73. The van der Waals surface area contributed by atoms with Gasteiger partial charge in [0.05, 0.1) is 6.20 Å². The van der Waals surface area contributed by atoms with Gasteiger partial charge in [0.25, 0.3) is 5.91 Å². The van der Waals surface area contributed by atoms with E-state index in [1.165, 1.54) is 12.3 Å². The molecule has 0 unspecified atom stereocenters. The Balaban J connectivity index is 2.15.